The van der Waals surface area contributed by atoms with Crippen molar-refractivity contribution in [2.45, 2.75) is 27.4 Å². The third-order valence-electron chi connectivity index (χ3n) is 5.06. The molecule has 0 atom stereocenters. The molecule has 0 spiro atoms. The highest BCUT2D eigenvalue weighted by molar-refractivity contribution is 6.02. The molecular formula is C27H29NO4. The van der Waals surface area contributed by atoms with Gasteiger partial charge >= 0.3 is 0 Å². The summed E-state index contributed by atoms with van der Waals surface area (Å²) < 4.78 is 17.0. The Hall–Kier alpha value is -3.73. The van der Waals surface area contributed by atoms with Crippen molar-refractivity contribution in [1.29, 1.82) is 0 Å². The van der Waals surface area contributed by atoms with Crippen LogP contribution in [0.25, 0.3) is 6.08 Å². The first-order valence-electron chi connectivity index (χ1n) is 10.4. The third kappa shape index (κ3) is 5.70. The van der Waals surface area contributed by atoms with E-state index in [0.29, 0.717) is 23.9 Å². The van der Waals surface area contributed by atoms with Gasteiger partial charge in [0.1, 0.15) is 6.61 Å². The van der Waals surface area contributed by atoms with Crippen LogP contribution in [0.2, 0.25) is 0 Å². The lowest BCUT2D eigenvalue weighted by Crippen LogP contribution is -2.10. The molecule has 0 radical (unpaired) electrons. The van der Waals surface area contributed by atoms with E-state index in [-0.39, 0.29) is 5.91 Å². The molecule has 1 N–H and O–H groups in total. The Morgan fingerprint density at radius 3 is 2.06 bits per heavy atom. The van der Waals surface area contributed by atoms with Gasteiger partial charge in [0.25, 0.3) is 0 Å². The molecule has 166 valence electrons. The maximum Gasteiger partial charge on any atom is 0.248 e. The second-order valence-electron chi connectivity index (χ2n) is 7.63. The largest absolute Gasteiger partial charge is 0.493 e. The van der Waals surface area contributed by atoms with Crippen LogP contribution >= 0.6 is 0 Å². The first kappa shape index (κ1) is 22.9. The van der Waals surface area contributed by atoms with Crippen molar-refractivity contribution in [3.63, 3.8) is 0 Å². The van der Waals surface area contributed by atoms with Gasteiger partial charge in [-0.25, -0.2) is 0 Å². The molecule has 0 unspecified atom stereocenters. The van der Waals surface area contributed by atoms with Crippen molar-refractivity contribution in [3.05, 3.63) is 88.5 Å². The van der Waals surface area contributed by atoms with Crippen LogP contribution in [-0.2, 0) is 11.4 Å². The minimum absolute atomic E-state index is 0.206. The zero-order valence-corrected chi connectivity index (χ0v) is 19.2. The highest BCUT2D eigenvalue weighted by Gasteiger charge is 2.14. The summed E-state index contributed by atoms with van der Waals surface area (Å²) in [5, 5.41) is 2.97. The molecule has 0 aliphatic heterocycles. The summed E-state index contributed by atoms with van der Waals surface area (Å²) in [6.07, 6.45) is 3.22. The highest BCUT2D eigenvalue weighted by atomic mass is 16.5. The molecule has 3 rings (SSSR count). The number of amides is 1. The molecular weight excluding hydrogens is 402 g/mol. The molecule has 1 amide bonds. The highest BCUT2D eigenvalue weighted by Crippen LogP contribution is 2.39. The van der Waals surface area contributed by atoms with E-state index >= 15 is 0 Å². The van der Waals surface area contributed by atoms with Crippen LogP contribution in [0.15, 0.2) is 60.7 Å². The number of carbonyl (C=O) groups excluding carboxylic acids is 1. The molecule has 0 aliphatic carbocycles. The number of rotatable bonds is 8. The van der Waals surface area contributed by atoms with Crippen molar-refractivity contribution < 1.29 is 19.0 Å². The lowest BCUT2D eigenvalue weighted by atomic mass is 10.1. The lowest BCUT2D eigenvalue weighted by molar-refractivity contribution is -0.111. The first-order chi connectivity index (χ1) is 15.4. The van der Waals surface area contributed by atoms with E-state index in [1.54, 1.807) is 20.3 Å². The van der Waals surface area contributed by atoms with Gasteiger partial charge < -0.3 is 19.5 Å². The number of hydrogen-bond acceptors (Lipinski definition) is 4. The summed E-state index contributed by atoms with van der Waals surface area (Å²) in [5.74, 6) is 1.38. The number of methoxy groups -OCH3 is 2. The molecule has 3 aromatic carbocycles. The van der Waals surface area contributed by atoms with E-state index in [1.807, 2.05) is 63.2 Å². The van der Waals surface area contributed by atoms with Crippen LogP contribution in [0.3, 0.4) is 0 Å². The lowest BCUT2D eigenvalue weighted by Gasteiger charge is -2.15. The van der Waals surface area contributed by atoms with Crippen LogP contribution in [0.4, 0.5) is 5.69 Å². The van der Waals surface area contributed by atoms with E-state index in [9.17, 15) is 4.79 Å². The zero-order chi connectivity index (χ0) is 23.1. The zero-order valence-electron chi connectivity index (χ0n) is 19.2. The SMILES string of the molecule is COc1cc(C=CC(=O)Nc2c(C)cc(C)cc2C)cc(OC)c1OCc1ccccc1. The monoisotopic (exact) mass is 431 g/mol. The molecule has 0 aliphatic rings. The van der Waals surface area contributed by atoms with Crippen LogP contribution in [0.5, 0.6) is 17.2 Å². The second kappa shape index (κ2) is 10.5. The smallest absolute Gasteiger partial charge is 0.248 e. The number of hydrogen-bond donors (Lipinski definition) is 1. The molecule has 0 saturated carbocycles. The summed E-state index contributed by atoms with van der Waals surface area (Å²) in [5.41, 5.74) is 5.88. The molecule has 0 saturated heterocycles. The van der Waals surface area contributed by atoms with E-state index in [0.717, 1.165) is 27.9 Å². The van der Waals surface area contributed by atoms with Gasteiger partial charge in [0.05, 0.1) is 14.2 Å². The van der Waals surface area contributed by atoms with Crippen molar-refractivity contribution in [2.24, 2.45) is 0 Å². The summed E-state index contributed by atoms with van der Waals surface area (Å²) in [4.78, 5) is 12.5. The Morgan fingerprint density at radius 1 is 0.906 bits per heavy atom. The number of nitrogens with one attached hydrogen (secondary N) is 1. The third-order valence-corrected chi connectivity index (χ3v) is 5.06. The Bertz CT molecular complexity index is 1070. The van der Waals surface area contributed by atoms with Gasteiger partial charge in [0.2, 0.25) is 11.7 Å². The Labute approximate surface area is 189 Å². The maximum atomic E-state index is 12.5. The van der Waals surface area contributed by atoms with Crippen LogP contribution < -0.4 is 19.5 Å². The minimum Gasteiger partial charge on any atom is -0.493 e. The van der Waals surface area contributed by atoms with Gasteiger partial charge in [0.15, 0.2) is 11.5 Å². The van der Waals surface area contributed by atoms with E-state index in [4.69, 9.17) is 14.2 Å². The first-order valence-corrected chi connectivity index (χ1v) is 10.4. The molecule has 0 aromatic heterocycles. The van der Waals surface area contributed by atoms with Gasteiger partial charge in [0, 0.05) is 11.8 Å². The maximum absolute atomic E-state index is 12.5. The minimum atomic E-state index is -0.206. The molecule has 3 aromatic rings. The Morgan fingerprint density at radius 2 is 1.50 bits per heavy atom. The number of aryl methyl sites for hydroxylation is 3. The van der Waals surface area contributed by atoms with Gasteiger partial charge in [-0.1, -0.05) is 48.0 Å². The molecule has 5 nitrogen and oxygen atoms in total. The number of anilines is 1. The van der Waals surface area contributed by atoms with E-state index < -0.39 is 0 Å². The van der Waals surface area contributed by atoms with E-state index in [2.05, 4.69) is 17.4 Å². The molecule has 0 bridgehead atoms. The van der Waals surface area contributed by atoms with Gasteiger partial charge in [-0.05, 0) is 61.2 Å². The Kier molecular flexibility index (Phi) is 7.55. The van der Waals surface area contributed by atoms with Crippen molar-refractivity contribution in [2.75, 3.05) is 19.5 Å². The average Bonchev–Trinajstić information content (AvgIpc) is 2.79. The number of carbonyl (C=O) groups is 1. The topological polar surface area (TPSA) is 56.8 Å². The summed E-state index contributed by atoms with van der Waals surface area (Å²) >= 11 is 0. The second-order valence-corrected chi connectivity index (χ2v) is 7.63. The standard InChI is InChI=1S/C27H29NO4/c1-18-13-19(2)26(20(3)14-18)28-25(29)12-11-22-15-23(30-4)27(24(16-22)31-5)32-17-21-9-7-6-8-10-21/h6-16H,17H2,1-5H3,(H,28,29). The number of benzene rings is 3. The fraction of sp³-hybridized carbons (Fsp3) is 0.222. The van der Waals surface area contributed by atoms with Crippen LogP contribution in [0.1, 0.15) is 27.8 Å². The summed E-state index contributed by atoms with van der Waals surface area (Å²) in [6, 6.07) is 17.6. The predicted molar refractivity (Wildman–Crippen MR) is 129 cm³/mol. The van der Waals surface area contributed by atoms with Crippen LogP contribution in [-0.4, -0.2) is 20.1 Å². The van der Waals surface area contributed by atoms with E-state index in [1.165, 1.54) is 11.6 Å². The summed E-state index contributed by atoms with van der Waals surface area (Å²) in [7, 11) is 3.15. The fourth-order valence-electron chi connectivity index (χ4n) is 3.58. The van der Waals surface area contributed by atoms with Gasteiger partial charge in [-0.3, -0.25) is 4.79 Å². The Balaban J connectivity index is 1.77. The van der Waals surface area contributed by atoms with Crippen molar-refractivity contribution >= 4 is 17.7 Å². The average molecular weight is 432 g/mol. The van der Waals surface area contributed by atoms with Gasteiger partial charge in [-0.15, -0.1) is 0 Å². The van der Waals surface area contributed by atoms with Crippen molar-refractivity contribution in [3.8, 4) is 17.2 Å². The normalized spacial score (nSPS) is 10.8. The predicted octanol–water partition coefficient (Wildman–Crippen LogP) is 5.86. The number of ether oxygens (including phenoxy) is 3. The molecule has 0 heterocycles. The van der Waals surface area contributed by atoms with Gasteiger partial charge in [-0.2, -0.15) is 0 Å². The van der Waals surface area contributed by atoms with Crippen molar-refractivity contribution in [1.82, 2.24) is 0 Å². The molecule has 0 fully saturated rings. The quantitative estimate of drug-likeness (QED) is 0.454. The molecule has 32 heavy (non-hydrogen) atoms. The fourth-order valence-corrected chi connectivity index (χ4v) is 3.58. The molecule has 5 heteroatoms. The summed E-state index contributed by atoms with van der Waals surface area (Å²) in [6.45, 7) is 6.41. The van der Waals surface area contributed by atoms with Crippen LogP contribution in [0, 0.1) is 20.8 Å².